The van der Waals surface area contributed by atoms with Crippen LogP contribution in [0.3, 0.4) is 0 Å². The third-order valence-electron chi connectivity index (χ3n) is 5.48. The monoisotopic (exact) mass is 358 g/mol. The van der Waals surface area contributed by atoms with E-state index < -0.39 is 0 Å². The highest BCUT2D eigenvalue weighted by Gasteiger charge is 2.26. The van der Waals surface area contributed by atoms with Crippen molar-refractivity contribution in [3.05, 3.63) is 48.0 Å². The Bertz CT molecular complexity index is 712. The van der Waals surface area contributed by atoms with E-state index in [1.165, 1.54) is 25.3 Å². The predicted octanol–water partition coefficient (Wildman–Crippen LogP) is 3.77. The Balaban J connectivity index is 1.42. The molecule has 140 valence electrons. The molecule has 1 aromatic heterocycles. The molecule has 2 fully saturated rings. The molecular weight excluding hydrogens is 331 g/mol. The van der Waals surface area contributed by atoms with Gasteiger partial charge < -0.3 is 9.15 Å². The van der Waals surface area contributed by atoms with Gasteiger partial charge in [-0.05, 0) is 43.7 Å². The van der Waals surface area contributed by atoms with Crippen LogP contribution in [0, 0.1) is 5.82 Å². The largest absolute Gasteiger partial charge is 0.460 e. The third kappa shape index (κ3) is 4.17. The average molecular weight is 358 g/mol. The van der Waals surface area contributed by atoms with Crippen LogP contribution in [0.15, 0.2) is 40.8 Å². The van der Waals surface area contributed by atoms with Crippen LogP contribution in [0.5, 0.6) is 0 Å². The number of rotatable bonds is 5. The number of ether oxygens (including phenoxy) is 1. The van der Waals surface area contributed by atoms with Crippen molar-refractivity contribution >= 4 is 0 Å². The van der Waals surface area contributed by atoms with Gasteiger partial charge in [0.1, 0.15) is 17.3 Å². The molecular formula is C21H27FN2O2. The molecule has 0 N–H and O–H groups in total. The van der Waals surface area contributed by atoms with Crippen molar-refractivity contribution in [2.45, 2.75) is 31.8 Å². The van der Waals surface area contributed by atoms with Crippen molar-refractivity contribution in [2.75, 3.05) is 39.4 Å². The molecule has 3 heterocycles. The minimum Gasteiger partial charge on any atom is -0.460 e. The number of hydrogen-bond donors (Lipinski definition) is 0. The zero-order valence-corrected chi connectivity index (χ0v) is 15.2. The third-order valence-corrected chi connectivity index (χ3v) is 5.48. The first-order chi connectivity index (χ1) is 12.8. The molecule has 5 heteroatoms. The van der Waals surface area contributed by atoms with E-state index in [9.17, 15) is 4.39 Å². The molecule has 0 bridgehead atoms. The Hall–Kier alpha value is -1.69. The fourth-order valence-electron chi connectivity index (χ4n) is 4.03. The van der Waals surface area contributed by atoms with Crippen molar-refractivity contribution < 1.29 is 13.5 Å². The van der Waals surface area contributed by atoms with Gasteiger partial charge >= 0.3 is 0 Å². The van der Waals surface area contributed by atoms with Crippen LogP contribution >= 0.6 is 0 Å². The van der Waals surface area contributed by atoms with E-state index in [-0.39, 0.29) is 5.82 Å². The summed E-state index contributed by atoms with van der Waals surface area (Å²) in [6.07, 6.45) is 3.77. The van der Waals surface area contributed by atoms with E-state index in [4.69, 9.17) is 9.15 Å². The van der Waals surface area contributed by atoms with Gasteiger partial charge in [-0.1, -0.05) is 18.6 Å². The summed E-state index contributed by atoms with van der Waals surface area (Å²) in [5.74, 6) is 1.29. The molecule has 1 aromatic carbocycles. The zero-order chi connectivity index (χ0) is 17.8. The van der Waals surface area contributed by atoms with E-state index in [1.54, 1.807) is 12.1 Å². The first-order valence-corrected chi connectivity index (χ1v) is 9.67. The Morgan fingerprint density at radius 1 is 1.00 bits per heavy atom. The lowest BCUT2D eigenvalue weighted by molar-refractivity contribution is 0.0142. The van der Waals surface area contributed by atoms with Gasteiger partial charge in [0.05, 0.1) is 25.3 Å². The van der Waals surface area contributed by atoms with Gasteiger partial charge in [-0.15, -0.1) is 0 Å². The SMILES string of the molecule is Fc1ccccc1-c1ccc(CN2CCCC[C@@H]2CN2CCOCC2)o1. The van der Waals surface area contributed by atoms with Crippen LogP contribution in [0.4, 0.5) is 4.39 Å². The van der Waals surface area contributed by atoms with Gasteiger partial charge in [-0.3, -0.25) is 9.80 Å². The minimum atomic E-state index is -0.239. The molecule has 26 heavy (non-hydrogen) atoms. The number of hydrogen-bond acceptors (Lipinski definition) is 4. The standard InChI is InChI=1S/C21H27FN2O2/c22-20-7-2-1-6-19(20)21-9-8-18(26-21)16-24-10-4-3-5-17(24)15-23-11-13-25-14-12-23/h1-2,6-9,17H,3-5,10-16H2/t17-/m1/s1. The molecule has 1 atom stereocenters. The number of morpholine rings is 1. The molecule has 0 spiro atoms. The van der Waals surface area contributed by atoms with Gasteiger partial charge in [0.25, 0.3) is 0 Å². The van der Waals surface area contributed by atoms with Crippen molar-refractivity contribution in [1.29, 1.82) is 0 Å². The van der Waals surface area contributed by atoms with Gasteiger partial charge in [0, 0.05) is 25.7 Å². The Morgan fingerprint density at radius 2 is 1.85 bits per heavy atom. The molecule has 0 amide bonds. The highest BCUT2D eigenvalue weighted by Crippen LogP contribution is 2.27. The summed E-state index contributed by atoms with van der Waals surface area (Å²) in [5.41, 5.74) is 0.530. The highest BCUT2D eigenvalue weighted by molar-refractivity contribution is 5.58. The number of benzene rings is 1. The van der Waals surface area contributed by atoms with Crippen LogP contribution in [0.25, 0.3) is 11.3 Å². The van der Waals surface area contributed by atoms with E-state index >= 15 is 0 Å². The summed E-state index contributed by atoms with van der Waals surface area (Å²) in [7, 11) is 0. The fourth-order valence-corrected chi connectivity index (χ4v) is 4.03. The first kappa shape index (κ1) is 17.7. The molecule has 0 unspecified atom stereocenters. The van der Waals surface area contributed by atoms with Gasteiger partial charge in [0.15, 0.2) is 0 Å². The van der Waals surface area contributed by atoms with E-state index in [0.717, 1.165) is 51.7 Å². The van der Waals surface area contributed by atoms with Crippen LogP contribution < -0.4 is 0 Å². The summed E-state index contributed by atoms with van der Waals surface area (Å²) in [4.78, 5) is 5.04. The molecule has 0 radical (unpaired) electrons. The summed E-state index contributed by atoms with van der Waals surface area (Å²) in [6.45, 7) is 6.75. The van der Waals surface area contributed by atoms with Crippen LogP contribution in [-0.4, -0.2) is 55.2 Å². The van der Waals surface area contributed by atoms with E-state index in [1.807, 2.05) is 18.2 Å². The maximum absolute atomic E-state index is 14.0. The van der Waals surface area contributed by atoms with Crippen LogP contribution in [0.2, 0.25) is 0 Å². The first-order valence-electron chi connectivity index (χ1n) is 9.67. The number of nitrogens with zero attached hydrogens (tertiary/aromatic N) is 2. The molecule has 0 saturated carbocycles. The van der Waals surface area contributed by atoms with Crippen LogP contribution in [0.1, 0.15) is 25.0 Å². The molecule has 2 saturated heterocycles. The molecule has 2 aromatic rings. The Kier molecular flexibility index (Phi) is 5.68. The maximum Gasteiger partial charge on any atom is 0.137 e. The van der Waals surface area contributed by atoms with Gasteiger partial charge in [0.2, 0.25) is 0 Å². The quantitative estimate of drug-likeness (QED) is 0.814. The summed E-state index contributed by atoms with van der Waals surface area (Å²) in [6, 6.07) is 11.2. The molecule has 2 aliphatic heterocycles. The Labute approximate surface area is 154 Å². The van der Waals surface area contributed by atoms with Crippen molar-refractivity contribution in [1.82, 2.24) is 9.80 Å². The van der Waals surface area contributed by atoms with Crippen molar-refractivity contribution in [3.63, 3.8) is 0 Å². The Morgan fingerprint density at radius 3 is 2.69 bits per heavy atom. The number of halogens is 1. The molecule has 4 rings (SSSR count). The van der Waals surface area contributed by atoms with Crippen molar-refractivity contribution in [3.8, 4) is 11.3 Å². The normalized spacial score (nSPS) is 22.6. The predicted molar refractivity (Wildman–Crippen MR) is 99.4 cm³/mol. The molecule has 4 nitrogen and oxygen atoms in total. The van der Waals surface area contributed by atoms with E-state index in [0.29, 0.717) is 17.4 Å². The second-order valence-electron chi connectivity index (χ2n) is 7.28. The molecule has 0 aliphatic carbocycles. The second-order valence-corrected chi connectivity index (χ2v) is 7.28. The molecule has 2 aliphatic rings. The average Bonchev–Trinajstić information content (AvgIpc) is 3.13. The lowest BCUT2D eigenvalue weighted by Crippen LogP contribution is -2.49. The minimum absolute atomic E-state index is 0.239. The fraction of sp³-hybridized carbons (Fsp3) is 0.524. The second kappa shape index (κ2) is 8.33. The van der Waals surface area contributed by atoms with Crippen molar-refractivity contribution in [2.24, 2.45) is 0 Å². The topological polar surface area (TPSA) is 28.9 Å². The summed E-state index contributed by atoms with van der Waals surface area (Å²) >= 11 is 0. The lowest BCUT2D eigenvalue weighted by atomic mass is 10.0. The zero-order valence-electron chi connectivity index (χ0n) is 15.2. The van der Waals surface area contributed by atoms with E-state index in [2.05, 4.69) is 9.80 Å². The van der Waals surface area contributed by atoms with Gasteiger partial charge in [-0.25, -0.2) is 4.39 Å². The summed E-state index contributed by atoms with van der Waals surface area (Å²) in [5, 5.41) is 0. The number of piperidine rings is 1. The summed E-state index contributed by atoms with van der Waals surface area (Å²) < 4.78 is 25.4. The maximum atomic E-state index is 14.0. The van der Waals surface area contributed by atoms with Gasteiger partial charge in [-0.2, -0.15) is 0 Å². The number of furan rings is 1. The smallest absolute Gasteiger partial charge is 0.137 e. The highest BCUT2D eigenvalue weighted by atomic mass is 19.1. The van der Waals surface area contributed by atoms with Crippen LogP contribution in [-0.2, 0) is 11.3 Å². The number of likely N-dealkylation sites (tertiary alicyclic amines) is 1. The lowest BCUT2D eigenvalue weighted by Gasteiger charge is -2.39.